The Morgan fingerprint density at radius 1 is 1.28 bits per heavy atom. The van der Waals surface area contributed by atoms with Crippen LogP contribution in [0.3, 0.4) is 0 Å². The molecule has 0 fully saturated rings. The first-order valence-corrected chi connectivity index (χ1v) is 11.0. The number of carbonyl (C=O) groups is 2. The fraction of sp³-hybridized carbons (Fsp3) is 0.261. The molecule has 1 aliphatic rings. The quantitative estimate of drug-likeness (QED) is 0.383. The van der Waals surface area contributed by atoms with E-state index in [0.717, 1.165) is 0 Å². The lowest BCUT2D eigenvalue weighted by atomic mass is 9.94. The Hall–Kier alpha value is -3.59. The first-order valence-electron chi connectivity index (χ1n) is 10.1. The van der Waals surface area contributed by atoms with Crippen LogP contribution in [0.25, 0.3) is 0 Å². The lowest BCUT2D eigenvalue weighted by Gasteiger charge is -2.28. The molecule has 1 aromatic carbocycles. The maximum atomic E-state index is 13.3. The van der Waals surface area contributed by atoms with Crippen molar-refractivity contribution in [3.8, 4) is 11.5 Å². The van der Waals surface area contributed by atoms with Gasteiger partial charge in [-0.05, 0) is 23.6 Å². The van der Waals surface area contributed by atoms with Gasteiger partial charge in [0, 0.05) is 24.6 Å². The van der Waals surface area contributed by atoms with E-state index in [1.807, 2.05) is 23.3 Å². The maximum absolute atomic E-state index is 13.3. The van der Waals surface area contributed by atoms with Gasteiger partial charge in [-0.3, -0.25) is 14.6 Å². The van der Waals surface area contributed by atoms with E-state index in [-0.39, 0.29) is 11.4 Å². The van der Waals surface area contributed by atoms with E-state index in [4.69, 9.17) is 9.47 Å². The van der Waals surface area contributed by atoms with Gasteiger partial charge >= 0.3 is 0 Å². The number of aromatic amines is 1. The number of aliphatic hydroxyl groups excluding tert-OH is 1. The Kier molecular flexibility index (Phi) is 6.27. The van der Waals surface area contributed by atoms with Gasteiger partial charge in [0.15, 0.2) is 5.76 Å². The molecule has 0 spiro atoms. The summed E-state index contributed by atoms with van der Waals surface area (Å²) in [4.78, 5) is 31.4. The van der Waals surface area contributed by atoms with Gasteiger partial charge in [-0.25, -0.2) is 4.57 Å². The van der Waals surface area contributed by atoms with Crippen LogP contribution in [0.4, 0.5) is 0 Å². The number of hydrogen-bond donors (Lipinski definition) is 2. The largest absolute Gasteiger partial charge is 0.503 e. The van der Waals surface area contributed by atoms with Crippen LogP contribution in [-0.4, -0.2) is 47.4 Å². The number of hydrogen-bond acceptors (Lipinski definition) is 6. The Balaban J connectivity index is 1.73. The van der Waals surface area contributed by atoms with Crippen molar-refractivity contribution in [2.75, 3.05) is 20.8 Å². The SMILES string of the molecule is COc1ccc(C2C(C(=O)c3cccs3)=C(O)C(=O)N2CCC[n+]2cc[nH]c2)c(OC)c1. The van der Waals surface area contributed by atoms with Gasteiger partial charge in [0.1, 0.15) is 23.9 Å². The van der Waals surface area contributed by atoms with Crippen molar-refractivity contribution in [2.24, 2.45) is 0 Å². The molecule has 2 aromatic heterocycles. The number of ketones is 1. The van der Waals surface area contributed by atoms with Crippen molar-refractivity contribution >= 4 is 23.0 Å². The van der Waals surface area contributed by atoms with Gasteiger partial charge in [-0.2, -0.15) is 0 Å². The molecule has 2 N–H and O–H groups in total. The van der Waals surface area contributed by atoms with Crippen LogP contribution in [0.15, 0.2) is 65.8 Å². The normalized spacial score (nSPS) is 16.0. The molecule has 8 nitrogen and oxygen atoms in total. The number of carbonyl (C=O) groups excluding carboxylic acids is 2. The van der Waals surface area contributed by atoms with Gasteiger partial charge < -0.3 is 19.5 Å². The first kappa shape index (κ1) is 21.6. The number of ether oxygens (including phenoxy) is 2. The molecule has 0 saturated carbocycles. The summed E-state index contributed by atoms with van der Waals surface area (Å²) in [6.45, 7) is 1.02. The van der Waals surface area contributed by atoms with Gasteiger partial charge in [0.2, 0.25) is 12.1 Å². The van der Waals surface area contributed by atoms with E-state index in [0.29, 0.717) is 41.4 Å². The van der Waals surface area contributed by atoms with Gasteiger partial charge in [0.25, 0.3) is 5.91 Å². The molecule has 1 atom stereocenters. The molecule has 0 saturated heterocycles. The number of rotatable bonds is 9. The molecule has 9 heteroatoms. The zero-order valence-corrected chi connectivity index (χ0v) is 18.6. The van der Waals surface area contributed by atoms with Gasteiger partial charge in [-0.1, -0.05) is 6.07 Å². The number of methoxy groups -OCH3 is 2. The highest BCUT2D eigenvalue weighted by Gasteiger charge is 2.44. The fourth-order valence-corrected chi connectivity index (χ4v) is 4.59. The second-order valence-electron chi connectivity index (χ2n) is 7.28. The monoisotopic (exact) mass is 454 g/mol. The molecule has 3 heterocycles. The van der Waals surface area contributed by atoms with Crippen molar-refractivity contribution in [3.63, 3.8) is 0 Å². The molecule has 1 amide bonds. The highest BCUT2D eigenvalue weighted by molar-refractivity contribution is 7.12. The number of imidazole rings is 1. The number of amides is 1. The van der Waals surface area contributed by atoms with Crippen LogP contribution in [0.2, 0.25) is 0 Å². The summed E-state index contributed by atoms with van der Waals surface area (Å²) < 4.78 is 12.8. The summed E-state index contributed by atoms with van der Waals surface area (Å²) in [5.41, 5.74) is 0.676. The third-order valence-electron chi connectivity index (χ3n) is 5.45. The summed E-state index contributed by atoms with van der Waals surface area (Å²) in [7, 11) is 3.07. The fourth-order valence-electron chi connectivity index (χ4n) is 3.91. The first-order chi connectivity index (χ1) is 15.5. The van der Waals surface area contributed by atoms with E-state index >= 15 is 0 Å². The minimum atomic E-state index is -0.769. The van der Waals surface area contributed by atoms with E-state index in [9.17, 15) is 14.7 Å². The Bertz CT molecular complexity index is 1140. The minimum Gasteiger partial charge on any atom is -0.503 e. The average Bonchev–Trinajstić information content (AvgIpc) is 3.57. The standard InChI is InChI=1S/C23H23N3O5S/c1-30-15-6-7-16(17(13-15)31-2)20-19(21(27)18-5-3-12-32-18)22(28)23(29)26(20)10-4-9-25-11-8-24-14-25/h3,5-8,11-14,20H,4,9-10H2,1-2H3,(H,27,28)/p+1. The molecule has 166 valence electrons. The number of benzene rings is 1. The number of H-pyrrole nitrogens is 1. The van der Waals surface area contributed by atoms with Crippen molar-refractivity contribution in [1.82, 2.24) is 9.88 Å². The summed E-state index contributed by atoms with van der Waals surface area (Å²) in [5.74, 6) is -0.383. The van der Waals surface area contributed by atoms with E-state index in [1.165, 1.54) is 23.3 Å². The van der Waals surface area contributed by atoms with Crippen LogP contribution >= 0.6 is 11.3 Å². The summed E-state index contributed by atoms with van der Waals surface area (Å²) in [5, 5.41) is 12.6. The number of Topliss-reactive ketones (excluding diaryl/α,β-unsaturated/α-hetero) is 1. The zero-order valence-electron chi connectivity index (χ0n) is 17.8. The average molecular weight is 455 g/mol. The number of aryl methyl sites for hydroxylation is 1. The number of aromatic nitrogens is 2. The molecule has 1 unspecified atom stereocenters. The van der Waals surface area contributed by atoms with Crippen LogP contribution in [0.5, 0.6) is 11.5 Å². The molecule has 0 aliphatic carbocycles. The van der Waals surface area contributed by atoms with Crippen molar-refractivity contribution in [1.29, 1.82) is 0 Å². The van der Waals surface area contributed by atoms with Crippen LogP contribution in [0, 0.1) is 0 Å². The van der Waals surface area contributed by atoms with Crippen LogP contribution in [0.1, 0.15) is 27.7 Å². The molecule has 4 rings (SSSR count). The Morgan fingerprint density at radius 2 is 2.12 bits per heavy atom. The number of thiophene rings is 1. The number of nitrogens with one attached hydrogen (secondary N) is 1. The predicted molar refractivity (Wildman–Crippen MR) is 118 cm³/mol. The van der Waals surface area contributed by atoms with Gasteiger partial charge in [-0.15, -0.1) is 11.3 Å². The molecular weight excluding hydrogens is 430 g/mol. The minimum absolute atomic E-state index is 0.0650. The van der Waals surface area contributed by atoms with Crippen molar-refractivity contribution < 1.29 is 28.7 Å². The lowest BCUT2D eigenvalue weighted by molar-refractivity contribution is -0.695. The molecule has 0 radical (unpaired) electrons. The second kappa shape index (κ2) is 9.27. The summed E-state index contributed by atoms with van der Waals surface area (Å²) in [6, 6.07) is 7.90. The van der Waals surface area contributed by atoms with Crippen LogP contribution < -0.4 is 14.0 Å². The molecule has 0 bridgehead atoms. The highest BCUT2D eigenvalue weighted by Crippen LogP contribution is 2.43. The highest BCUT2D eigenvalue weighted by atomic mass is 32.1. The molecule has 3 aromatic rings. The smallest absolute Gasteiger partial charge is 0.290 e. The third kappa shape index (κ3) is 3.99. The van der Waals surface area contributed by atoms with E-state index in [2.05, 4.69) is 4.98 Å². The molecular formula is C23H24N3O5S+. The van der Waals surface area contributed by atoms with Crippen molar-refractivity contribution in [3.05, 3.63) is 76.2 Å². The van der Waals surface area contributed by atoms with Crippen LogP contribution in [-0.2, 0) is 11.3 Å². The summed E-state index contributed by atoms with van der Waals surface area (Å²) >= 11 is 1.27. The number of aliphatic hydroxyl groups is 1. The predicted octanol–water partition coefficient (Wildman–Crippen LogP) is 3.05. The Morgan fingerprint density at radius 3 is 2.78 bits per heavy atom. The third-order valence-corrected chi connectivity index (χ3v) is 6.32. The summed E-state index contributed by atoms with van der Waals surface area (Å²) in [6.07, 6.45) is 6.18. The van der Waals surface area contributed by atoms with Gasteiger partial charge in [0.05, 0.1) is 37.3 Å². The van der Waals surface area contributed by atoms with E-state index in [1.54, 1.807) is 42.8 Å². The Labute approximate surface area is 189 Å². The molecule has 32 heavy (non-hydrogen) atoms. The second-order valence-corrected chi connectivity index (χ2v) is 8.23. The lowest BCUT2D eigenvalue weighted by Crippen LogP contribution is -2.36. The van der Waals surface area contributed by atoms with E-state index < -0.39 is 17.7 Å². The maximum Gasteiger partial charge on any atom is 0.290 e. The number of nitrogens with zero attached hydrogens (tertiary/aromatic N) is 2. The molecule has 1 aliphatic heterocycles. The topological polar surface area (TPSA) is 95.7 Å². The zero-order chi connectivity index (χ0) is 22.7. The van der Waals surface area contributed by atoms with Crippen molar-refractivity contribution in [2.45, 2.75) is 19.0 Å².